The lowest BCUT2D eigenvalue weighted by molar-refractivity contribution is -0.121. The number of piperidine rings is 1. The van der Waals surface area contributed by atoms with E-state index in [1.54, 1.807) is 24.3 Å². The molecule has 148 valence electrons. The third-order valence-electron chi connectivity index (χ3n) is 4.68. The third kappa shape index (κ3) is 4.65. The number of rotatable bonds is 5. The first-order valence-corrected chi connectivity index (χ1v) is 9.26. The van der Waals surface area contributed by atoms with Crippen molar-refractivity contribution in [3.63, 3.8) is 0 Å². The molecule has 0 aromatic heterocycles. The van der Waals surface area contributed by atoms with Gasteiger partial charge in [0.1, 0.15) is 5.75 Å². The summed E-state index contributed by atoms with van der Waals surface area (Å²) in [6.45, 7) is 3.17. The molecule has 3 rings (SSSR count). The van der Waals surface area contributed by atoms with Crippen molar-refractivity contribution < 1.29 is 23.1 Å². The van der Waals surface area contributed by atoms with Crippen LogP contribution in [0.1, 0.15) is 30.1 Å². The predicted molar refractivity (Wildman–Crippen MR) is 101 cm³/mol. The fourth-order valence-corrected chi connectivity index (χ4v) is 3.23. The van der Waals surface area contributed by atoms with Gasteiger partial charge in [0.15, 0.2) is 11.6 Å². The fourth-order valence-electron chi connectivity index (χ4n) is 3.23. The lowest BCUT2D eigenvalue weighted by atomic mass is 9.96. The summed E-state index contributed by atoms with van der Waals surface area (Å²) >= 11 is 0. The van der Waals surface area contributed by atoms with Crippen LogP contribution in [0.2, 0.25) is 0 Å². The number of anilines is 1. The highest BCUT2D eigenvalue weighted by Gasteiger charge is 2.29. The van der Waals surface area contributed by atoms with Crippen molar-refractivity contribution in [3.8, 4) is 5.75 Å². The highest BCUT2D eigenvalue weighted by atomic mass is 19.2. The van der Waals surface area contributed by atoms with E-state index in [0.29, 0.717) is 31.7 Å². The average molecular weight is 388 g/mol. The summed E-state index contributed by atoms with van der Waals surface area (Å²) in [6, 6.07) is 10.2. The second kappa shape index (κ2) is 8.82. The number of carbonyl (C=O) groups is 2. The monoisotopic (exact) mass is 388 g/mol. The summed E-state index contributed by atoms with van der Waals surface area (Å²) in [4.78, 5) is 26.7. The zero-order valence-corrected chi connectivity index (χ0v) is 15.6. The molecule has 0 saturated carbocycles. The van der Waals surface area contributed by atoms with Gasteiger partial charge in [-0.25, -0.2) is 8.78 Å². The summed E-state index contributed by atoms with van der Waals surface area (Å²) in [5.41, 5.74) is 0.726. The molecule has 1 atom stereocenters. The zero-order valence-electron chi connectivity index (χ0n) is 15.6. The minimum absolute atomic E-state index is 0.0754. The molecule has 28 heavy (non-hydrogen) atoms. The number of hydrogen-bond donors (Lipinski definition) is 1. The van der Waals surface area contributed by atoms with Gasteiger partial charge in [-0.05, 0) is 62.2 Å². The molecule has 1 N–H and O–H groups in total. The summed E-state index contributed by atoms with van der Waals surface area (Å²) in [5.74, 6) is -2.28. The fraction of sp³-hybridized carbons (Fsp3) is 0.333. The largest absolute Gasteiger partial charge is 0.494 e. The molecule has 0 unspecified atom stereocenters. The molecule has 0 aliphatic carbocycles. The van der Waals surface area contributed by atoms with Crippen LogP contribution in [0.3, 0.4) is 0 Å². The van der Waals surface area contributed by atoms with Crippen LogP contribution in [0.4, 0.5) is 14.5 Å². The van der Waals surface area contributed by atoms with E-state index in [9.17, 15) is 18.4 Å². The van der Waals surface area contributed by atoms with Crippen LogP contribution in [-0.2, 0) is 4.79 Å². The van der Waals surface area contributed by atoms with Gasteiger partial charge in [-0.15, -0.1) is 0 Å². The molecule has 1 aliphatic rings. The van der Waals surface area contributed by atoms with Crippen molar-refractivity contribution in [2.45, 2.75) is 19.8 Å². The Hall–Kier alpha value is -2.96. The first-order valence-electron chi connectivity index (χ1n) is 9.26. The van der Waals surface area contributed by atoms with Crippen molar-refractivity contribution >= 4 is 17.5 Å². The molecule has 7 heteroatoms. The van der Waals surface area contributed by atoms with Gasteiger partial charge in [0.2, 0.25) is 5.91 Å². The molecule has 2 aromatic rings. The minimum atomic E-state index is -1.06. The number of ether oxygens (including phenoxy) is 1. The Kier molecular flexibility index (Phi) is 6.23. The molecule has 5 nitrogen and oxygen atoms in total. The maximum absolute atomic E-state index is 13.4. The molecule has 0 bridgehead atoms. The Balaban J connectivity index is 1.62. The quantitative estimate of drug-likeness (QED) is 0.846. The summed E-state index contributed by atoms with van der Waals surface area (Å²) in [7, 11) is 0. The molecule has 1 heterocycles. The van der Waals surface area contributed by atoms with Crippen LogP contribution < -0.4 is 10.1 Å². The van der Waals surface area contributed by atoms with Gasteiger partial charge in [0.05, 0.1) is 12.5 Å². The smallest absolute Gasteiger partial charge is 0.253 e. The topological polar surface area (TPSA) is 58.6 Å². The number of carbonyl (C=O) groups excluding carboxylic acids is 2. The summed E-state index contributed by atoms with van der Waals surface area (Å²) in [6.07, 6.45) is 1.32. The van der Waals surface area contributed by atoms with Gasteiger partial charge in [-0.3, -0.25) is 9.59 Å². The highest BCUT2D eigenvalue weighted by molar-refractivity contribution is 5.96. The van der Waals surface area contributed by atoms with E-state index < -0.39 is 17.5 Å². The molecule has 2 aromatic carbocycles. The van der Waals surface area contributed by atoms with Crippen molar-refractivity contribution in [2.24, 2.45) is 5.92 Å². The van der Waals surface area contributed by atoms with Gasteiger partial charge < -0.3 is 15.0 Å². The lowest BCUT2D eigenvalue weighted by Gasteiger charge is -2.32. The first kappa shape index (κ1) is 19.8. The molecule has 0 spiro atoms. The molecule has 1 aliphatic heterocycles. The van der Waals surface area contributed by atoms with E-state index >= 15 is 0 Å². The van der Waals surface area contributed by atoms with E-state index in [0.717, 1.165) is 17.9 Å². The molecule has 2 amide bonds. The minimum Gasteiger partial charge on any atom is -0.494 e. The van der Waals surface area contributed by atoms with Gasteiger partial charge in [0.25, 0.3) is 5.91 Å². The van der Waals surface area contributed by atoms with E-state index in [2.05, 4.69) is 5.32 Å². The van der Waals surface area contributed by atoms with Gasteiger partial charge in [0, 0.05) is 24.3 Å². The van der Waals surface area contributed by atoms with E-state index in [-0.39, 0.29) is 23.9 Å². The van der Waals surface area contributed by atoms with Crippen LogP contribution >= 0.6 is 0 Å². The standard InChI is InChI=1S/C21H22F2N2O3/c1-2-28-17-8-6-16(7-9-17)24-20(26)15-4-3-11-25(13-15)21(27)14-5-10-18(22)19(23)12-14/h5-10,12,15H,2-4,11,13H2,1H3,(H,24,26)/t15-/m1/s1. The van der Waals surface area contributed by atoms with E-state index in [1.165, 1.54) is 11.0 Å². The normalized spacial score (nSPS) is 16.5. The number of amides is 2. The van der Waals surface area contributed by atoms with Gasteiger partial charge in [-0.2, -0.15) is 0 Å². The number of halogens is 2. The van der Waals surface area contributed by atoms with Crippen molar-refractivity contribution in [1.82, 2.24) is 4.90 Å². The first-order chi connectivity index (χ1) is 13.5. The van der Waals surface area contributed by atoms with Crippen molar-refractivity contribution in [2.75, 3.05) is 25.0 Å². The second-order valence-electron chi connectivity index (χ2n) is 6.67. The number of benzene rings is 2. The Morgan fingerprint density at radius 2 is 1.89 bits per heavy atom. The molecule has 1 fully saturated rings. The Labute approximate surface area is 162 Å². The van der Waals surface area contributed by atoms with E-state index in [4.69, 9.17) is 4.74 Å². The molecular formula is C21H22F2N2O3. The number of hydrogen-bond acceptors (Lipinski definition) is 3. The second-order valence-corrected chi connectivity index (χ2v) is 6.67. The lowest BCUT2D eigenvalue weighted by Crippen LogP contribution is -2.43. The number of likely N-dealkylation sites (tertiary alicyclic amines) is 1. The predicted octanol–water partition coefficient (Wildman–Crippen LogP) is 3.85. The van der Waals surface area contributed by atoms with Crippen LogP contribution in [0.5, 0.6) is 5.75 Å². The van der Waals surface area contributed by atoms with Crippen LogP contribution in [0.15, 0.2) is 42.5 Å². The van der Waals surface area contributed by atoms with Crippen LogP contribution in [0.25, 0.3) is 0 Å². The zero-order chi connectivity index (χ0) is 20.1. The van der Waals surface area contributed by atoms with Crippen LogP contribution in [-0.4, -0.2) is 36.4 Å². The summed E-state index contributed by atoms with van der Waals surface area (Å²) < 4.78 is 31.9. The van der Waals surface area contributed by atoms with Gasteiger partial charge in [-0.1, -0.05) is 0 Å². The number of nitrogens with zero attached hydrogens (tertiary/aromatic N) is 1. The van der Waals surface area contributed by atoms with E-state index in [1.807, 2.05) is 6.92 Å². The Morgan fingerprint density at radius 1 is 1.14 bits per heavy atom. The molecule has 0 radical (unpaired) electrons. The average Bonchev–Trinajstić information content (AvgIpc) is 2.71. The Morgan fingerprint density at radius 3 is 2.57 bits per heavy atom. The van der Waals surface area contributed by atoms with Crippen LogP contribution in [0, 0.1) is 17.6 Å². The highest BCUT2D eigenvalue weighted by Crippen LogP contribution is 2.22. The maximum Gasteiger partial charge on any atom is 0.253 e. The molecular weight excluding hydrogens is 366 g/mol. The summed E-state index contributed by atoms with van der Waals surface area (Å²) in [5, 5.41) is 2.85. The van der Waals surface area contributed by atoms with Crippen molar-refractivity contribution in [3.05, 3.63) is 59.7 Å². The third-order valence-corrected chi connectivity index (χ3v) is 4.68. The SMILES string of the molecule is CCOc1ccc(NC(=O)[C@@H]2CCCN(C(=O)c3ccc(F)c(F)c3)C2)cc1. The van der Waals surface area contributed by atoms with Crippen molar-refractivity contribution in [1.29, 1.82) is 0 Å². The Bertz CT molecular complexity index is 855. The van der Waals surface area contributed by atoms with Gasteiger partial charge >= 0.3 is 0 Å². The molecule has 1 saturated heterocycles. The maximum atomic E-state index is 13.4. The number of nitrogens with one attached hydrogen (secondary N) is 1.